The molecule has 3 rings (SSSR count). The maximum absolute atomic E-state index is 11.8. The highest BCUT2D eigenvalue weighted by atomic mass is 16.5. The van der Waals surface area contributed by atoms with Crippen LogP contribution in [-0.4, -0.2) is 33.5 Å². The van der Waals surface area contributed by atoms with E-state index in [4.69, 9.17) is 4.52 Å². The molecule has 0 radical (unpaired) electrons. The topological polar surface area (TPSA) is 110 Å². The van der Waals surface area contributed by atoms with Gasteiger partial charge in [-0.2, -0.15) is 4.98 Å². The molecule has 0 spiro atoms. The van der Waals surface area contributed by atoms with E-state index in [1.165, 1.54) is 0 Å². The van der Waals surface area contributed by atoms with Crippen molar-refractivity contribution >= 4 is 17.5 Å². The summed E-state index contributed by atoms with van der Waals surface area (Å²) in [6.45, 7) is 0.204. The van der Waals surface area contributed by atoms with E-state index in [1.807, 2.05) is 12.1 Å². The maximum Gasteiger partial charge on any atom is 0.313 e. The molecule has 0 saturated heterocycles. The Hall–Kier alpha value is -3.55. The van der Waals surface area contributed by atoms with E-state index in [0.29, 0.717) is 23.8 Å². The lowest BCUT2D eigenvalue weighted by Crippen LogP contribution is -2.36. The second kappa shape index (κ2) is 7.82. The summed E-state index contributed by atoms with van der Waals surface area (Å²) in [7, 11) is 0. The predicted octanol–water partition coefficient (Wildman–Crippen LogP) is 1.43. The highest BCUT2D eigenvalue weighted by Gasteiger charge is 2.14. The standard InChI is InChI=1S/C17H15N5O3/c23-16(17(24)20-13-6-2-1-3-7-13)19-10-8-14-21-15(22-25-14)12-5-4-9-18-11-12/h1-7,9,11H,8,10H2,(H,19,23)(H,20,24). The fourth-order valence-corrected chi connectivity index (χ4v) is 2.04. The van der Waals surface area contributed by atoms with E-state index in [1.54, 1.807) is 42.7 Å². The van der Waals surface area contributed by atoms with E-state index in [2.05, 4.69) is 25.8 Å². The summed E-state index contributed by atoms with van der Waals surface area (Å²) in [4.78, 5) is 31.7. The molecule has 0 aliphatic carbocycles. The quantitative estimate of drug-likeness (QED) is 0.682. The van der Waals surface area contributed by atoms with Crippen molar-refractivity contribution in [3.8, 4) is 11.4 Å². The number of carbonyl (C=O) groups is 2. The first-order chi connectivity index (χ1) is 12.2. The lowest BCUT2D eigenvalue weighted by molar-refractivity contribution is -0.136. The molecule has 0 bridgehead atoms. The van der Waals surface area contributed by atoms with Gasteiger partial charge in [0.05, 0.1) is 0 Å². The van der Waals surface area contributed by atoms with Crippen LogP contribution in [0.1, 0.15) is 5.89 Å². The van der Waals surface area contributed by atoms with Crippen molar-refractivity contribution in [2.75, 3.05) is 11.9 Å². The van der Waals surface area contributed by atoms with Crippen molar-refractivity contribution in [2.45, 2.75) is 6.42 Å². The zero-order valence-corrected chi connectivity index (χ0v) is 13.2. The van der Waals surface area contributed by atoms with Crippen molar-refractivity contribution in [2.24, 2.45) is 0 Å². The number of aromatic nitrogens is 3. The van der Waals surface area contributed by atoms with E-state index in [9.17, 15) is 9.59 Å². The number of nitrogens with zero attached hydrogens (tertiary/aromatic N) is 3. The zero-order valence-electron chi connectivity index (χ0n) is 13.2. The van der Waals surface area contributed by atoms with Gasteiger partial charge in [0.25, 0.3) is 0 Å². The molecule has 2 aromatic heterocycles. The molecule has 2 heterocycles. The van der Waals surface area contributed by atoms with Crippen LogP contribution >= 0.6 is 0 Å². The van der Waals surface area contributed by atoms with Gasteiger partial charge in [-0.15, -0.1) is 0 Å². The molecule has 0 atom stereocenters. The molecule has 2 N–H and O–H groups in total. The highest BCUT2D eigenvalue weighted by molar-refractivity contribution is 6.39. The molecule has 0 unspecified atom stereocenters. The molecule has 0 fully saturated rings. The smallest absolute Gasteiger partial charge is 0.313 e. The lowest BCUT2D eigenvalue weighted by atomic mass is 10.3. The second-order valence-corrected chi connectivity index (χ2v) is 5.08. The first-order valence-corrected chi connectivity index (χ1v) is 7.59. The number of carbonyl (C=O) groups excluding carboxylic acids is 2. The Morgan fingerprint density at radius 2 is 1.88 bits per heavy atom. The Kier molecular flexibility index (Phi) is 5.10. The van der Waals surface area contributed by atoms with Crippen LogP contribution in [0.2, 0.25) is 0 Å². The average molecular weight is 337 g/mol. The van der Waals surface area contributed by atoms with Gasteiger partial charge >= 0.3 is 11.8 Å². The summed E-state index contributed by atoms with van der Waals surface area (Å²) < 4.78 is 5.12. The fraction of sp³-hybridized carbons (Fsp3) is 0.118. The number of pyridine rings is 1. The number of amides is 2. The minimum Gasteiger partial charge on any atom is -0.347 e. The van der Waals surface area contributed by atoms with E-state index >= 15 is 0 Å². The normalized spacial score (nSPS) is 10.2. The molecule has 0 aliphatic rings. The molecule has 8 heteroatoms. The number of nitrogens with one attached hydrogen (secondary N) is 2. The number of rotatable bonds is 5. The summed E-state index contributed by atoms with van der Waals surface area (Å²) in [6.07, 6.45) is 3.60. The third-order valence-corrected chi connectivity index (χ3v) is 3.25. The Morgan fingerprint density at radius 3 is 2.64 bits per heavy atom. The summed E-state index contributed by atoms with van der Waals surface area (Å²) >= 11 is 0. The van der Waals surface area contributed by atoms with Crippen molar-refractivity contribution < 1.29 is 14.1 Å². The van der Waals surface area contributed by atoms with Gasteiger partial charge in [0, 0.05) is 36.6 Å². The SMILES string of the molecule is O=C(NCCc1nc(-c2cccnc2)no1)C(=O)Nc1ccccc1. The van der Waals surface area contributed by atoms with Crippen LogP contribution in [0, 0.1) is 0 Å². The average Bonchev–Trinajstić information content (AvgIpc) is 3.12. The van der Waals surface area contributed by atoms with E-state index in [0.717, 1.165) is 5.56 Å². The van der Waals surface area contributed by atoms with Gasteiger partial charge in [-0.3, -0.25) is 14.6 Å². The lowest BCUT2D eigenvalue weighted by Gasteiger charge is -2.05. The molecule has 0 aliphatic heterocycles. The largest absolute Gasteiger partial charge is 0.347 e. The van der Waals surface area contributed by atoms with Crippen LogP contribution in [0.3, 0.4) is 0 Å². The van der Waals surface area contributed by atoms with Crippen LogP contribution < -0.4 is 10.6 Å². The zero-order chi connectivity index (χ0) is 17.5. The predicted molar refractivity (Wildman–Crippen MR) is 89.3 cm³/mol. The minimum absolute atomic E-state index is 0.204. The van der Waals surface area contributed by atoms with Crippen LogP contribution in [0.4, 0.5) is 5.69 Å². The summed E-state index contributed by atoms with van der Waals surface area (Å²) in [5.74, 6) is -0.664. The second-order valence-electron chi connectivity index (χ2n) is 5.08. The fourth-order valence-electron chi connectivity index (χ4n) is 2.04. The van der Waals surface area contributed by atoms with E-state index in [-0.39, 0.29) is 6.54 Å². The van der Waals surface area contributed by atoms with Gasteiger partial charge in [-0.25, -0.2) is 0 Å². The molecule has 1 aromatic carbocycles. The van der Waals surface area contributed by atoms with Crippen molar-refractivity contribution in [1.29, 1.82) is 0 Å². The van der Waals surface area contributed by atoms with Crippen molar-refractivity contribution in [3.05, 3.63) is 60.7 Å². The molecular weight excluding hydrogens is 322 g/mol. The monoisotopic (exact) mass is 337 g/mol. The molecule has 3 aromatic rings. The van der Waals surface area contributed by atoms with Crippen LogP contribution in [0.15, 0.2) is 59.4 Å². The molecule has 0 saturated carbocycles. The number of benzene rings is 1. The summed E-state index contributed by atoms with van der Waals surface area (Å²) in [5, 5.41) is 8.87. The maximum atomic E-state index is 11.8. The molecule has 25 heavy (non-hydrogen) atoms. The first-order valence-electron chi connectivity index (χ1n) is 7.59. The Morgan fingerprint density at radius 1 is 1.04 bits per heavy atom. The Bertz CT molecular complexity index is 849. The van der Waals surface area contributed by atoms with Gasteiger partial charge in [-0.05, 0) is 24.3 Å². The number of hydrogen-bond donors (Lipinski definition) is 2. The third-order valence-electron chi connectivity index (χ3n) is 3.25. The molecule has 2 amide bonds. The third kappa shape index (κ3) is 4.47. The summed E-state index contributed by atoms with van der Waals surface area (Å²) in [5.41, 5.74) is 1.30. The van der Waals surface area contributed by atoms with E-state index < -0.39 is 11.8 Å². The number of para-hydroxylation sites is 1. The van der Waals surface area contributed by atoms with Gasteiger partial charge in [0.1, 0.15) is 0 Å². The van der Waals surface area contributed by atoms with Gasteiger partial charge in [0.2, 0.25) is 11.7 Å². The minimum atomic E-state index is -0.729. The molecule has 126 valence electrons. The number of anilines is 1. The molecular formula is C17H15N5O3. The highest BCUT2D eigenvalue weighted by Crippen LogP contribution is 2.13. The van der Waals surface area contributed by atoms with Gasteiger partial charge in [0.15, 0.2) is 0 Å². The van der Waals surface area contributed by atoms with Crippen molar-refractivity contribution in [3.63, 3.8) is 0 Å². The van der Waals surface area contributed by atoms with Crippen LogP contribution in [0.5, 0.6) is 0 Å². The van der Waals surface area contributed by atoms with Gasteiger partial charge in [-0.1, -0.05) is 23.4 Å². The number of hydrogen-bond acceptors (Lipinski definition) is 6. The van der Waals surface area contributed by atoms with Crippen LogP contribution in [0.25, 0.3) is 11.4 Å². The van der Waals surface area contributed by atoms with Gasteiger partial charge < -0.3 is 15.2 Å². The van der Waals surface area contributed by atoms with Crippen LogP contribution in [-0.2, 0) is 16.0 Å². The molecule has 8 nitrogen and oxygen atoms in total. The first kappa shape index (κ1) is 16.3. The van der Waals surface area contributed by atoms with Crippen molar-refractivity contribution in [1.82, 2.24) is 20.4 Å². The summed E-state index contributed by atoms with van der Waals surface area (Å²) in [6, 6.07) is 12.3. The Balaban J connectivity index is 1.47. The Labute approximate surface area is 143 Å².